The van der Waals surface area contributed by atoms with E-state index in [1.807, 2.05) is 24.3 Å². The van der Waals surface area contributed by atoms with Crippen molar-refractivity contribution in [2.24, 2.45) is 0 Å². The van der Waals surface area contributed by atoms with Crippen LogP contribution in [0.3, 0.4) is 0 Å². The van der Waals surface area contributed by atoms with Gasteiger partial charge in [0, 0.05) is 33.2 Å². The summed E-state index contributed by atoms with van der Waals surface area (Å²) in [6.45, 7) is 4.52. The SMILES string of the molecule is CN1C(=O)n2c(nc3ccccc32)C(N2CCOCC2)(N2CCOCC2)C1=O. The molecule has 2 aromatic rings. The number of likely N-dealkylation sites (N-methyl/N-ethyl adjacent to an activating group) is 1. The van der Waals surface area contributed by atoms with Gasteiger partial charge in [-0.3, -0.25) is 19.5 Å². The Morgan fingerprint density at radius 3 is 2.11 bits per heavy atom. The lowest BCUT2D eigenvalue weighted by Gasteiger charge is -2.53. The zero-order chi connectivity index (χ0) is 19.3. The van der Waals surface area contributed by atoms with Crippen LogP contribution in [0.25, 0.3) is 11.0 Å². The van der Waals surface area contributed by atoms with Crippen LogP contribution in [0.4, 0.5) is 4.79 Å². The van der Waals surface area contributed by atoms with Gasteiger partial charge in [0.25, 0.3) is 5.91 Å². The molecule has 9 heteroatoms. The standard InChI is InChI=1S/C19H23N5O4/c1-21-17(25)19(22-6-10-27-11-7-22,23-8-12-28-13-9-23)16-20-14-4-2-3-5-15(14)24(16)18(21)26/h2-5H,6-13H2,1H3. The number of imidazole rings is 1. The molecule has 0 bridgehead atoms. The maximum atomic E-state index is 13.8. The lowest BCUT2D eigenvalue weighted by atomic mass is 9.98. The highest BCUT2D eigenvalue weighted by molar-refractivity contribution is 6.06. The Hall–Kier alpha value is -2.33. The van der Waals surface area contributed by atoms with Gasteiger partial charge in [0.15, 0.2) is 5.82 Å². The molecule has 1 aromatic heterocycles. The summed E-state index contributed by atoms with van der Waals surface area (Å²) < 4.78 is 12.7. The Labute approximate surface area is 162 Å². The third-order valence-electron chi connectivity index (χ3n) is 5.89. The molecule has 2 fully saturated rings. The van der Waals surface area contributed by atoms with Gasteiger partial charge >= 0.3 is 6.03 Å². The fourth-order valence-corrected chi connectivity index (χ4v) is 4.55. The van der Waals surface area contributed by atoms with Gasteiger partial charge in [0.05, 0.1) is 37.5 Å². The molecule has 3 aliphatic heterocycles. The van der Waals surface area contributed by atoms with Crippen molar-refractivity contribution in [3.63, 3.8) is 0 Å². The van der Waals surface area contributed by atoms with Crippen molar-refractivity contribution in [1.82, 2.24) is 24.3 Å². The number of benzene rings is 1. The number of carbonyl (C=O) groups excluding carboxylic acids is 2. The Morgan fingerprint density at radius 1 is 0.929 bits per heavy atom. The van der Waals surface area contributed by atoms with E-state index in [0.717, 1.165) is 0 Å². The van der Waals surface area contributed by atoms with E-state index in [9.17, 15) is 9.59 Å². The van der Waals surface area contributed by atoms with Crippen molar-refractivity contribution < 1.29 is 19.1 Å². The van der Waals surface area contributed by atoms with Gasteiger partial charge < -0.3 is 9.47 Å². The number of carbonyl (C=O) groups is 2. The smallest absolute Gasteiger partial charge is 0.336 e. The average molecular weight is 385 g/mol. The molecule has 2 amide bonds. The first-order valence-electron chi connectivity index (χ1n) is 9.61. The topological polar surface area (TPSA) is 80.1 Å². The van der Waals surface area contributed by atoms with Crippen molar-refractivity contribution in [2.45, 2.75) is 5.66 Å². The average Bonchev–Trinajstić information content (AvgIpc) is 3.14. The highest BCUT2D eigenvalue weighted by Gasteiger charge is 2.59. The molecule has 9 nitrogen and oxygen atoms in total. The van der Waals surface area contributed by atoms with Crippen LogP contribution in [0.15, 0.2) is 24.3 Å². The van der Waals surface area contributed by atoms with Crippen molar-refractivity contribution in [3.8, 4) is 0 Å². The predicted molar refractivity (Wildman–Crippen MR) is 99.8 cm³/mol. The molecule has 0 aliphatic carbocycles. The normalized spacial score (nSPS) is 24.0. The highest BCUT2D eigenvalue weighted by Crippen LogP contribution is 2.40. The van der Waals surface area contributed by atoms with Gasteiger partial charge in [-0.1, -0.05) is 12.1 Å². The molecular formula is C19H23N5O4. The second-order valence-corrected chi connectivity index (χ2v) is 7.28. The monoisotopic (exact) mass is 385 g/mol. The maximum absolute atomic E-state index is 13.8. The first-order chi connectivity index (χ1) is 13.7. The third kappa shape index (κ3) is 2.30. The molecule has 5 rings (SSSR count). The summed E-state index contributed by atoms with van der Waals surface area (Å²) in [4.78, 5) is 37.2. The van der Waals surface area contributed by atoms with E-state index in [2.05, 4.69) is 9.80 Å². The fraction of sp³-hybridized carbons (Fsp3) is 0.526. The maximum Gasteiger partial charge on any atom is 0.336 e. The molecule has 4 heterocycles. The molecule has 0 unspecified atom stereocenters. The highest BCUT2D eigenvalue weighted by atomic mass is 16.5. The van der Waals surface area contributed by atoms with Crippen LogP contribution in [-0.2, 0) is 19.9 Å². The summed E-state index contributed by atoms with van der Waals surface area (Å²) in [5.74, 6) is 0.217. The van der Waals surface area contributed by atoms with Crippen LogP contribution < -0.4 is 0 Å². The van der Waals surface area contributed by atoms with Crippen LogP contribution >= 0.6 is 0 Å². The number of aromatic nitrogens is 2. The minimum absolute atomic E-state index is 0.260. The molecule has 0 spiro atoms. The van der Waals surface area contributed by atoms with Crippen LogP contribution in [0.1, 0.15) is 5.82 Å². The number of nitrogens with zero attached hydrogens (tertiary/aromatic N) is 5. The van der Waals surface area contributed by atoms with Crippen LogP contribution in [-0.4, -0.2) is 95.8 Å². The lowest BCUT2D eigenvalue weighted by Crippen LogP contribution is -2.73. The number of fused-ring (bicyclic) bond motifs is 3. The van der Waals surface area contributed by atoms with Gasteiger partial charge in [0.1, 0.15) is 0 Å². The van der Waals surface area contributed by atoms with Crippen molar-refractivity contribution >= 4 is 23.0 Å². The minimum atomic E-state index is -1.14. The molecule has 0 saturated carbocycles. The Kier molecular flexibility index (Phi) is 4.20. The van der Waals surface area contributed by atoms with Gasteiger partial charge in [-0.2, -0.15) is 0 Å². The second kappa shape index (κ2) is 6.63. The molecule has 28 heavy (non-hydrogen) atoms. The van der Waals surface area contributed by atoms with E-state index in [-0.39, 0.29) is 11.9 Å². The van der Waals surface area contributed by atoms with E-state index in [1.54, 1.807) is 11.6 Å². The largest absolute Gasteiger partial charge is 0.379 e. The zero-order valence-electron chi connectivity index (χ0n) is 15.8. The first kappa shape index (κ1) is 17.7. The Balaban J connectivity index is 1.80. The Morgan fingerprint density at radius 2 is 1.50 bits per heavy atom. The molecule has 0 radical (unpaired) electrons. The molecule has 2 saturated heterocycles. The van der Waals surface area contributed by atoms with Crippen LogP contribution in [0.5, 0.6) is 0 Å². The second-order valence-electron chi connectivity index (χ2n) is 7.28. The van der Waals surface area contributed by atoms with Gasteiger partial charge in [-0.25, -0.2) is 14.3 Å². The number of morpholine rings is 2. The molecular weight excluding hydrogens is 362 g/mol. The summed E-state index contributed by atoms with van der Waals surface area (Å²) in [7, 11) is 1.55. The minimum Gasteiger partial charge on any atom is -0.379 e. The molecule has 148 valence electrons. The van der Waals surface area contributed by atoms with Crippen molar-refractivity contribution in [1.29, 1.82) is 0 Å². The van der Waals surface area contributed by atoms with Crippen molar-refractivity contribution in [2.75, 3.05) is 59.7 Å². The van der Waals surface area contributed by atoms with E-state index >= 15 is 0 Å². The van der Waals surface area contributed by atoms with E-state index in [0.29, 0.717) is 69.5 Å². The van der Waals surface area contributed by atoms with E-state index < -0.39 is 5.66 Å². The van der Waals surface area contributed by atoms with Crippen molar-refractivity contribution in [3.05, 3.63) is 30.1 Å². The Bertz CT molecular complexity index is 912. The zero-order valence-corrected chi connectivity index (χ0v) is 15.8. The summed E-state index contributed by atoms with van der Waals surface area (Å²) in [5.41, 5.74) is 0.280. The van der Waals surface area contributed by atoms with E-state index in [4.69, 9.17) is 14.5 Å². The fourth-order valence-electron chi connectivity index (χ4n) is 4.55. The summed E-state index contributed by atoms with van der Waals surface area (Å²) >= 11 is 0. The summed E-state index contributed by atoms with van der Waals surface area (Å²) in [5, 5.41) is 0. The quantitative estimate of drug-likeness (QED) is 0.735. The van der Waals surface area contributed by atoms with Gasteiger partial charge in [-0.15, -0.1) is 0 Å². The first-order valence-corrected chi connectivity index (χ1v) is 9.61. The molecule has 3 aliphatic rings. The number of hydrogen-bond donors (Lipinski definition) is 0. The number of amides is 2. The third-order valence-corrected chi connectivity index (χ3v) is 5.89. The van der Waals surface area contributed by atoms with Gasteiger partial charge in [0.2, 0.25) is 5.66 Å². The lowest BCUT2D eigenvalue weighted by molar-refractivity contribution is -0.178. The molecule has 0 atom stereocenters. The van der Waals surface area contributed by atoms with Gasteiger partial charge in [-0.05, 0) is 12.1 Å². The van der Waals surface area contributed by atoms with Crippen LogP contribution in [0.2, 0.25) is 0 Å². The predicted octanol–water partition coefficient (Wildman–Crippen LogP) is 0.294. The van der Waals surface area contributed by atoms with Crippen LogP contribution in [0, 0.1) is 0 Å². The number of rotatable bonds is 2. The molecule has 0 N–H and O–H groups in total. The summed E-state index contributed by atoms with van der Waals surface area (Å²) in [6, 6.07) is 7.15. The number of para-hydroxylation sites is 2. The number of ether oxygens (including phenoxy) is 2. The van der Waals surface area contributed by atoms with E-state index in [1.165, 1.54) is 4.90 Å². The number of imide groups is 1. The summed E-state index contributed by atoms with van der Waals surface area (Å²) in [6.07, 6.45) is 0. The number of hydrogen-bond acceptors (Lipinski definition) is 7. The molecule has 1 aromatic carbocycles.